The van der Waals surface area contributed by atoms with Crippen molar-refractivity contribution in [1.29, 1.82) is 0 Å². The van der Waals surface area contributed by atoms with E-state index in [9.17, 15) is 14.7 Å². The fourth-order valence-corrected chi connectivity index (χ4v) is 2.62. The molecule has 0 aliphatic heterocycles. The van der Waals surface area contributed by atoms with Crippen LogP contribution in [0.1, 0.15) is 38.1 Å². The molecular weight excluding hydrogens is 272 g/mol. The molecule has 1 fully saturated rings. The highest BCUT2D eigenvalue weighted by Gasteiger charge is 2.65. The monoisotopic (exact) mass is 292 g/mol. The smallest absolute Gasteiger partial charge is 0.335 e. The summed E-state index contributed by atoms with van der Waals surface area (Å²) < 4.78 is 0. The number of nitrogens with one attached hydrogen (secondary N) is 2. The van der Waals surface area contributed by atoms with Crippen LogP contribution in [0, 0.1) is 10.8 Å². The molecule has 2 amide bonds. The number of urea groups is 1. The lowest BCUT2D eigenvalue weighted by Gasteiger charge is -2.10. The standard InChI is InChI=1S/C15H20N2O4/c1-14(2)12(15(14,3)4)17-13(21)16-9-6-5-8(11(19)20)7-10(9)18/h5-7,12,18H,1-4H3,(H,19,20)(H2,16,17,21). The van der Waals surface area contributed by atoms with E-state index in [1.54, 1.807) is 0 Å². The molecule has 2 rings (SSSR count). The molecule has 0 aromatic heterocycles. The Kier molecular flexibility index (Phi) is 3.35. The fraction of sp³-hybridized carbons (Fsp3) is 0.467. The van der Waals surface area contributed by atoms with Gasteiger partial charge in [-0.1, -0.05) is 27.7 Å². The summed E-state index contributed by atoms with van der Waals surface area (Å²) in [4.78, 5) is 22.7. The minimum atomic E-state index is -1.14. The molecule has 0 heterocycles. The van der Waals surface area contributed by atoms with Gasteiger partial charge in [0.05, 0.1) is 11.3 Å². The molecule has 1 aromatic rings. The van der Waals surface area contributed by atoms with E-state index >= 15 is 0 Å². The van der Waals surface area contributed by atoms with Crippen molar-refractivity contribution in [3.05, 3.63) is 23.8 Å². The van der Waals surface area contributed by atoms with Gasteiger partial charge in [0.25, 0.3) is 0 Å². The van der Waals surface area contributed by atoms with E-state index in [1.165, 1.54) is 12.1 Å². The van der Waals surface area contributed by atoms with Crippen LogP contribution in [0.5, 0.6) is 5.75 Å². The molecule has 0 radical (unpaired) electrons. The molecule has 0 saturated heterocycles. The van der Waals surface area contributed by atoms with E-state index in [1.807, 2.05) is 0 Å². The summed E-state index contributed by atoms with van der Waals surface area (Å²) in [6.45, 7) is 8.32. The van der Waals surface area contributed by atoms with Gasteiger partial charge in [-0.3, -0.25) is 0 Å². The number of rotatable bonds is 3. The molecule has 1 saturated carbocycles. The summed E-state index contributed by atoms with van der Waals surface area (Å²) in [5.74, 6) is -1.41. The molecule has 0 bridgehead atoms. The molecule has 1 aliphatic carbocycles. The first-order valence-corrected chi connectivity index (χ1v) is 6.71. The van der Waals surface area contributed by atoms with Crippen LogP contribution >= 0.6 is 0 Å². The molecule has 1 aromatic carbocycles. The molecule has 114 valence electrons. The minimum absolute atomic E-state index is 0.0134. The Labute approximate surface area is 123 Å². The maximum absolute atomic E-state index is 12.0. The van der Waals surface area contributed by atoms with Gasteiger partial charge in [-0.25, -0.2) is 9.59 Å². The number of phenolic OH excluding ortho intramolecular Hbond substituents is 1. The predicted octanol–water partition coefficient (Wildman–Crippen LogP) is 2.65. The molecule has 0 spiro atoms. The van der Waals surface area contributed by atoms with Gasteiger partial charge >= 0.3 is 12.0 Å². The maximum Gasteiger partial charge on any atom is 0.335 e. The van der Waals surface area contributed by atoms with E-state index < -0.39 is 12.0 Å². The van der Waals surface area contributed by atoms with Crippen molar-refractivity contribution < 1.29 is 19.8 Å². The van der Waals surface area contributed by atoms with E-state index in [0.717, 1.165) is 6.07 Å². The topological polar surface area (TPSA) is 98.7 Å². The first-order valence-electron chi connectivity index (χ1n) is 6.71. The maximum atomic E-state index is 12.0. The lowest BCUT2D eigenvalue weighted by molar-refractivity contribution is 0.0696. The van der Waals surface area contributed by atoms with Crippen LogP contribution in [0.2, 0.25) is 0 Å². The van der Waals surface area contributed by atoms with Gasteiger partial charge in [0, 0.05) is 6.04 Å². The van der Waals surface area contributed by atoms with Crippen molar-refractivity contribution in [1.82, 2.24) is 5.32 Å². The van der Waals surface area contributed by atoms with Gasteiger partial charge in [-0.15, -0.1) is 0 Å². The second-order valence-corrected chi connectivity index (χ2v) is 6.51. The SMILES string of the molecule is CC1(C)C(NC(=O)Nc2ccc(C(=O)O)cc2O)C1(C)C. The van der Waals surface area contributed by atoms with Crippen LogP contribution in [0.4, 0.5) is 10.5 Å². The fourth-order valence-electron chi connectivity index (χ4n) is 2.62. The molecule has 0 unspecified atom stereocenters. The summed E-state index contributed by atoms with van der Waals surface area (Å²) in [6.07, 6.45) is 0. The first kappa shape index (κ1) is 15.2. The molecule has 6 heteroatoms. The second kappa shape index (κ2) is 4.65. The Morgan fingerprint density at radius 3 is 2.14 bits per heavy atom. The average Bonchev–Trinajstić information content (AvgIpc) is 2.74. The van der Waals surface area contributed by atoms with Crippen molar-refractivity contribution in [2.75, 3.05) is 5.32 Å². The number of carbonyl (C=O) groups excluding carboxylic acids is 1. The van der Waals surface area contributed by atoms with Crippen molar-refractivity contribution in [2.24, 2.45) is 10.8 Å². The number of carboxylic acids is 1. The highest BCUT2D eigenvalue weighted by molar-refractivity contribution is 5.94. The van der Waals surface area contributed by atoms with Crippen molar-refractivity contribution in [3.63, 3.8) is 0 Å². The largest absolute Gasteiger partial charge is 0.506 e. The van der Waals surface area contributed by atoms with Crippen molar-refractivity contribution >= 4 is 17.7 Å². The normalized spacial score (nSPS) is 18.9. The number of anilines is 1. The van der Waals surface area contributed by atoms with Crippen molar-refractivity contribution in [3.8, 4) is 5.75 Å². The van der Waals surface area contributed by atoms with Crippen LogP contribution in [0.25, 0.3) is 0 Å². The lowest BCUT2D eigenvalue weighted by Crippen LogP contribution is -2.33. The zero-order chi connectivity index (χ0) is 16.0. The number of amides is 2. The second-order valence-electron chi connectivity index (χ2n) is 6.51. The lowest BCUT2D eigenvalue weighted by atomic mass is 10.0. The Morgan fingerprint density at radius 1 is 1.14 bits per heavy atom. The van der Waals surface area contributed by atoms with Gasteiger partial charge in [0.1, 0.15) is 5.75 Å². The van der Waals surface area contributed by atoms with Crippen molar-refractivity contribution in [2.45, 2.75) is 33.7 Å². The number of benzene rings is 1. The van der Waals surface area contributed by atoms with Crippen LogP contribution in [0.15, 0.2) is 18.2 Å². The van der Waals surface area contributed by atoms with E-state index in [4.69, 9.17) is 5.11 Å². The summed E-state index contributed by atoms with van der Waals surface area (Å²) >= 11 is 0. The Hall–Kier alpha value is -2.24. The van der Waals surface area contributed by atoms with Gasteiger partial charge in [0.2, 0.25) is 0 Å². The minimum Gasteiger partial charge on any atom is -0.506 e. The third kappa shape index (κ3) is 2.53. The van der Waals surface area contributed by atoms with Gasteiger partial charge in [0.15, 0.2) is 0 Å². The summed E-state index contributed by atoms with van der Waals surface area (Å²) in [5, 5.41) is 24.0. The van der Waals surface area contributed by atoms with Gasteiger partial charge in [-0.05, 0) is 29.0 Å². The molecule has 21 heavy (non-hydrogen) atoms. The van der Waals surface area contributed by atoms with Crippen LogP contribution in [0.3, 0.4) is 0 Å². The number of phenols is 1. The number of hydrogen-bond donors (Lipinski definition) is 4. The predicted molar refractivity (Wildman–Crippen MR) is 78.6 cm³/mol. The highest BCUT2D eigenvalue weighted by Crippen LogP contribution is 2.62. The molecular formula is C15H20N2O4. The third-order valence-corrected chi connectivity index (χ3v) is 4.79. The quantitative estimate of drug-likeness (QED) is 0.644. The first-order chi connectivity index (χ1) is 9.57. The summed E-state index contributed by atoms with van der Waals surface area (Å²) in [6, 6.07) is 3.41. The number of aromatic carboxylic acids is 1. The van der Waals surface area contributed by atoms with E-state index in [0.29, 0.717) is 0 Å². The van der Waals surface area contributed by atoms with E-state index in [-0.39, 0.29) is 33.9 Å². The molecule has 6 nitrogen and oxygen atoms in total. The molecule has 1 aliphatic rings. The van der Waals surface area contributed by atoms with Crippen LogP contribution in [-0.4, -0.2) is 28.3 Å². The van der Waals surface area contributed by atoms with Gasteiger partial charge < -0.3 is 20.8 Å². The Bertz CT molecular complexity index is 594. The zero-order valence-corrected chi connectivity index (χ0v) is 12.5. The summed E-state index contributed by atoms with van der Waals surface area (Å²) in [7, 11) is 0. The Morgan fingerprint density at radius 2 is 1.71 bits per heavy atom. The van der Waals surface area contributed by atoms with Crippen LogP contribution < -0.4 is 10.6 Å². The number of hydrogen-bond acceptors (Lipinski definition) is 3. The third-order valence-electron chi connectivity index (χ3n) is 4.79. The highest BCUT2D eigenvalue weighted by atomic mass is 16.4. The summed E-state index contributed by atoms with van der Waals surface area (Å²) in [5.41, 5.74) is 0.163. The zero-order valence-electron chi connectivity index (χ0n) is 12.5. The van der Waals surface area contributed by atoms with Gasteiger partial charge in [-0.2, -0.15) is 0 Å². The number of aromatic hydroxyl groups is 1. The van der Waals surface area contributed by atoms with Crippen LogP contribution in [-0.2, 0) is 0 Å². The number of carbonyl (C=O) groups is 2. The Balaban J connectivity index is 2.03. The molecule has 0 atom stereocenters. The number of carboxylic acid groups (broad SMARTS) is 1. The molecule has 4 N–H and O–H groups in total. The average molecular weight is 292 g/mol. The van der Waals surface area contributed by atoms with E-state index in [2.05, 4.69) is 38.3 Å².